The highest BCUT2D eigenvalue weighted by Crippen LogP contribution is 2.41. The van der Waals surface area contributed by atoms with Crippen molar-refractivity contribution in [3.8, 4) is 5.88 Å². The molecule has 5 N–H and O–H groups in total. The molecule has 1 aliphatic heterocycles. The van der Waals surface area contributed by atoms with Crippen molar-refractivity contribution in [2.45, 2.75) is 24.7 Å². The molecule has 0 spiro atoms. The second-order valence-electron chi connectivity index (χ2n) is 5.17. The Morgan fingerprint density at radius 3 is 2.64 bits per heavy atom. The van der Waals surface area contributed by atoms with Gasteiger partial charge in [0.25, 0.3) is 0 Å². The van der Waals surface area contributed by atoms with Crippen LogP contribution in [0.2, 0.25) is 5.28 Å². The molecule has 1 aromatic rings. The second-order valence-corrected chi connectivity index (χ2v) is 5.51. The molecule has 0 amide bonds. The third-order valence-corrected chi connectivity index (χ3v) is 3.99. The van der Waals surface area contributed by atoms with E-state index in [-0.39, 0.29) is 17.8 Å². The summed E-state index contributed by atoms with van der Waals surface area (Å²) >= 11 is 5.86. The molecule has 2 rings (SSSR count). The molecule has 3 atom stereocenters. The van der Waals surface area contributed by atoms with Crippen LogP contribution in [-0.2, 0) is 0 Å². The Bertz CT molecular complexity index is 548. The zero-order valence-electron chi connectivity index (χ0n) is 12.2. The highest BCUT2D eigenvalue weighted by atomic mass is 35.5. The number of aliphatic hydroxyl groups excluding tert-OH is 4. The maximum atomic E-state index is 10.3. The van der Waals surface area contributed by atoms with Gasteiger partial charge in [-0.05, 0) is 18.5 Å². The van der Waals surface area contributed by atoms with Crippen molar-refractivity contribution in [2.24, 2.45) is 0 Å². The van der Waals surface area contributed by atoms with Gasteiger partial charge < -0.3 is 35.4 Å². The molecule has 0 fully saturated rings. The Kier molecular flexibility index (Phi) is 4.93. The van der Waals surface area contributed by atoms with Crippen molar-refractivity contribution in [1.29, 1.82) is 0 Å². The van der Waals surface area contributed by atoms with Gasteiger partial charge >= 0.3 is 0 Å². The van der Waals surface area contributed by atoms with E-state index in [9.17, 15) is 15.3 Å². The number of nitrogens with one attached hydrogen (secondary N) is 1. The number of aromatic nitrogens is 2. The van der Waals surface area contributed by atoms with Crippen LogP contribution in [0.15, 0.2) is 0 Å². The molecule has 0 saturated carbocycles. The first kappa shape index (κ1) is 17.0. The average molecular weight is 335 g/mol. The summed E-state index contributed by atoms with van der Waals surface area (Å²) in [6.45, 7) is 0.595. The zero-order chi connectivity index (χ0) is 16.5. The number of hydrogen-bond acceptors (Lipinski definition) is 9. The smallest absolute Gasteiger partial charge is 0.243 e. The van der Waals surface area contributed by atoms with E-state index in [2.05, 4.69) is 15.3 Å². The summed E-state index contributed by atoms with van der Waals surface area (Å²) in [6, 6.07) is 0. The Morgan fingerprint density at radius 2 is 2.09 bits per heavy atom. The van der Waals surface area contributed by atoms with Crippen LogP contribution in [0.5, 0.6) is 5.88 Å². The summed E-state index contributed by atoms with van der Waals surface area (Å²) in [5, 5.41) is 41.7. The highest BCUT2D eigenvalue weighted by molar-refractivity contribution is 6.28. The lowest BCUT2D eigenvalue weighted by molar-refractivity contribution is -0.0621. The fraction of sp³-hybridized carbons (Fsp3) is 0.667. The van der Waals surface area contributed by atoms with Crippen LogP contribution >= 0.6 is 11.6 Å². The van der Waals surface area contributed by atoms with E-state index < -0.39 is 31.0 Å². The monoisotopic (exact) mass is 334 g/mol. The van der Waals surface area contributed by atoms with Gasteiger partial charge in [0, 0.05) is 0 Å². The normalized spacial score (nSPS) is 19.1. The summed E-state index contributed by atoms with van der Waals surface area (Å²) in [7, 11) is 1.43. The predicted octanol–water partition coefficient (Wildman–Crippen LogP) is -1.21. The molecule has 1 aromatic heterocycles. The van der Waals surface area contributed by atoms with E-state index >= 15 is 0 Å². The molecule has 0 saturated heterocycles. The minimum atomic E-state index is -1.42. The van der Waals surface area contributed by atoms with Crippen molar-refractivity contribution >= 4 is 23.1 Å². The van der Waals surface area contributed by atoms with Crippen molar-refractivity contribution < 1.29 is 25.2 Å². The number of methoxy groups -OCH3 is 1. The summed E-state index contributed by atoms with van der Waals surface area (Å²) < 4.78 is 5.12. The van der Waals surface area contributed by atoms with Gasteiger partial charge in [0.2, 0.25) is 11.2 Å². The topological polar surface area (TPSA) is 131 Å². The van der Waals surface area contributed by atoms with Gasteiger partial charge in [-0.1, -0.05) is 0 Å². The minimum Gasteiger partial charge on any atom is -0.479 e. The molecule has 3 unspecified atom stereocenters. The zero-order valence-corrected chi connectivity index (χ0v) is 12.9. The van der Waals surface area contributed by atoms with E-state index in [1.54, 1.807) is 4.90 Å². The first-order valence-electron chi connectivity index (χ1n) is 6.60. The molecule has 0 radical (unpaired) electrons. The lowest BCUT2D eigenvalue weighted by atomic mass is 9.90. The quantitative estimate of drug-likeness (QED) is 0.407. The van der Waals surface area contributed by atoms with E-state index in [1.165, 1.54) is 14.0 Å². The third kappa shape index (κ3) is 2.66. The first-order valence-corrected chi connectivity index (χ1v) is 6.97. The van der Waals surface area contributed by atoms with Crippen LogP contribution in [0.4, 0.5) is 11.5 Å². The van der Waals surface area contributed by atoms with Gasteiger partial charge in [-0.2, -0.15) is 9.97 Å². The molecular weight excluding hydrogens is 316 g/mol. The number of ether oxygens (including phenoxy) is 1. The number of rotatable bonds is 6. The fourth-order valence-corrected chi connectivity index (χ4v) is 2.57. The molecular formula is C12H19ClN4O5. The Hall–Kier alpha value is -1.39. The van der Waals surface area contributed by atoms with Crippen LogP contribution < -0.4 is 15.0 Å². The molecule has 22 heavy (non-hydrogen) atoms. The summed E-state index contributed by atoms with van der Waals surface area (Å²) in [5.41, 5.74) is -0.833. The molecule has 0 bridgehead atoms. The number of anilines is 2. The Labute approximate surface area is 132 Å². The van der Waals surface area contributed by atoms with Crippen LogP contribution in [0.3, 0.4) is 0 Å². The van der Waals surface area contributed by atoms with Crippen molar-refractivity contribution in [2.75, 3.05) is 37.2 Å². The predicted molar refractivity (Wildman–Crippen MR) is 79.2 cm³/mol. The molecule has 0 aromatic carbocycles. The number of halogens is 1. The number of aliphatic hydroxyl groups is 4. The molecule has 1 aliphatic rings. The number of hydrogen-bond donors (Lipinski definition) is 5. The van der Waals surface area contributed by atoms with Crippen LogP contribution in [-0.4, -0.2) is 75.1 Å². The fourth-order valence-electron chi connectivity index (χ4n) is 2.41. The molecule has 2 heterocycles. The standard InChI is InChI=1S/C12H19ClN4O5/c1-12(4-19,8(21)6(20)3-18)17-5-14-7-9(17)15-11(13)16-10(7)22-2/h6,8,14,18-21H,3-5H2,1-2H3. The lowest BCUT2D eigenvalue weighted by Crippen LogP contribution is -2.61. The summed E-state index contributed by atoms with van der Waals surface area (Å²) in [6.07, 6.45) is -2.84. The van der Waals surface area contributed by atoms with E-state index in [0.717, 1.165) is 0 Å². The van der Waals surface area contributed by atoms with Crippen LogP contribution in [0.1, 0.15) is 6.92 Å². The maximum absolute atomic E-state index is 10.3. The van der Waals surface area contributed by atoms with Gasteiger partial charge in [0.1, 0.15) is 17.9 Å². The summed E-state index contributed by atoms with van der Waals surface area (Å²) in [4.78, 5) is 9.57. The van der Waals surface area contributed by atoms with E-state index in [0.29, 0.717) is 11.5 Å². The summed E-state index contributed by atoms with van der Waals surface area (Å²) in [5.74, 6) is 0.563. The van der Waals surface area contributed by atoms with Crippen LogP contribution in [0, 0.1) is 0 Å². The van der Waals surface area contributed by atoms with Gasteiger partial charge in [0.15, 0.2) is 5.82 Å². The number of fused-ring (bicyclic) bond motifs is 1. The van der Waals surface area contributed by atoms with Crippen LogP contribution in [0.25, 0.3) is 0 Å². The van der Waals surface area contributed by atoms with Crippen molar-refractivity contribution in [3.05, 3.63) is 5.28 Å². The Balaban J connectivity index is 2.45. The largest absolute Gasteiger partial charge is 0.479 e. The van der Waals surface area contributed by atoms with Gasteiger partial charge in [0.05, 0.1) is 32.5 Å². The average Bonchev–Trinajstić information content (AvgIpc) is 2.95. The lowest BCUT2D eigenvalue weighted by Gasteiger charge is -2.42. The van der Waals surface area contributed by atoms with E-state index in [1.807, 2.05) is 0 Å². The molecule has 10 heteroatoms. The minimum absolute atomic E-state index is 0.0539. The highest BCUT2D eigenvalue weighted by Gasteiger charge is 2.46. The second kappa shape index (κ2) is 6.39. The molecule has 124 valence electrons. The molecule has 9 nitrogen and oxygen atoms in total. The third-order valence-electron chi connectivity index (χ3n) is 3.82. The Morgan fingerprint density at radius 1 is 1.41 bits per heavy atom. The maximum Gasteiger partial charge on any atom is 0.243 e. The number of nitrogens with zero attached hydrogens (tertiary/aromatic N) is 3. The first-order chi connectivity index (χ1) is 10.4. The van der Waals surface area contributed by atoms with E-state index in [4.69, 9.17) is 21.4 Å². The van der Waals surface area contributed by atoms with Gasteiger partial charge in [-0.15, -0.1) is 0 Å². The molecule has 0 aliphatic carbocycles. The van der Waals surface area contributed by atoms with Crippen molar-refractivity contribution in [3.63, 3.8) is 0 Å². The van der Waals surface area contributed by atoms with Crippen molar-refractivity contribution in [1.82, 2.24) is 9.97 Å². The van der Waals surface area contributed by atoms with Gasteiger partial charge in [-0.3, -0.25) is 0 Å². The van der Waals surface area contributed by atoms with Gasteiger partial charge in [-0.25, -0.2) is 0 Å². The SMILES string of the molecule is COc1nc(Cl)nc2c1NCN2C(C)(CO)C(O)C(O)CO.